The summed E-state index contributed by atoms with van der Waals surface area (Å²) < 4.78 is 5.40. The van der Waals surface area contributed by atoms with Crippen LogP contribution in [0.5, 0.6) is 5.75 Å². The molecule has 1 N–H and O–H groups in total. The van der Waals surface area contributed by atoms with Gasteiger partial charge in [0.25, 0.3) is 0 Å². The van der Waals surface area contributed by atoms with E-state index < -0.39 is 5.41 Å². The molecule has 1 heterocycles. The number of carbonyl (C=O) groups excluding carboxylic acids is 1. The molecule has 0 radical (unpaired) electrons. The number of benzene rings is 3. The van der Waals surface area contributed by atoms with Gasteiger partial charge in [0, 0.05) is 11.3 Å². The Morgan fingerprint density at radius 3 is 1.96 bits per heavy atom. The Bertz CT molecular complexity index is 849. The standard InChI is InChI=1S/C21H17NO2/c1-24-17-12-13-19-18(14-17)21(20(23)22-19,15-8-4-2-5-9-15)16-10-6-3-7-11-16/h2-14H,1H3,(H,22,23). The van der Waals surface area contributed by atoms with Gasteiger partial charge >= 0.3 is 0 Å². The van der Waals surface area contributed by atoms with E-state index >= 15 is 0 Å². The lowest BCUT2D eigenvalue weighted by Gasteiger charge is -2.29. The molecular weight excluding hydrogens is 298 g/mol. The largest absolute Gasteiger partial charge is 0.497 e. The van der Waals surface area contributed by atoms with Gasteiger partial charge in [-0.25, -0.2) is 0 Å². The SMILES string of the molecule is COc1ccc2c(c1)C(c1ccccc1)(c1ccccc1)C(=O)N2. The summed E-state index contributed by atoms with van der Waals surface area (Å²) >= 11 is 0. The predicted octanol–water partition coefficient (Wildman–Crippen LogP) is 3.98. The number of methoxy groups -OCH3 is 1. The van der Waals surface area contributed by atoms with Crippen LogP contribution in [0.4, 0.5) is 5.69 Å². The van der Waals surface area contributed by atoms with E-state index in [2.05, 4.69) is 5.32 Å². The van der Waals surface area contributed by atoms with Crippen LogP contribution in [0.1, 0.15) is 16.7 Å². The molecule has 0 unspecified atom stereocenters. The van der Waals surface area contributed by atoms with E-state index in [9.17, 15) is 4.79 Å². The molecule has 1 aliphatic heterocycles. The lowest BCUT2D eigenvalue weighted by atomic mass is 9.70. The number of carbonyl (C=O) groups is 1. The van der Waals surface area contributed by atoms with E-state index in [0.717, 1.165) is 28.1 Å². The van der Waals surface area contributed by atoms with E-state index in [-0.39, 0.29) is 5.91 Å². The first-order valence-corrected chi connectivity index (χ1v) is 7.88. The van der Waals surface area contributed by atoms with Crippen LogP contribution in [0.3, 0.4) is 0 Å². The minimum atomic E-state index is -0.869. The van der Waals surface area contributed by atoms with Crippen molar-refractivity contribution in [2.45, 2.75) is 5.41 Å². The molecule has 0 bridgehead atoms. The minimum absolute atomic E-state index is 0.0387. The summed E-state index contributed by atoms with van der Waals surface area (Å²) in [6, 6.07) is 25.5. The Morgan fingerprint density at radius 1 is 0.833 bits per heavy atom. The van der Waals surface area contributed by atoms with Crippen LogP contribution in [0.25, 0.3) is 0 Å². The smallest absolute Gasteiger partial charge is 0.244 e. The van der Waals surface area contributed by atoms with Crippen LogP contribution in [0.2, 0.25) is 0 Å². The highest BCUT2D eigenvalue weighted by Gasteiger charge is 2.49. The first kappa shape index (κ1) is 14.5. The predicted molar refractivity (Wildman–Crippen MR) is 94.4 cm³/mol. The third-order valence-electron chi connectivity index (χ3n) is 4.63. The van der Waals surface area contributed by atoms with Gasteiger partial charge in [-0.1, -0.05) is 60.7 Å². The molecule has 3 aromatic rings. The van der Waals surface area contributed by atoms with Crippen molar-refractivity contribution in [1.29, 1.82) is 0 Å². The Morgan fingerprint density at radius 2 is 1.42 bits per heavy atom. The molecule has 0 spiro atoms. The lowest BCUT2D eigenvalue weighted by molar-refractivity contribution is -0.118. The number of fused-ring (bicyclic) bond motifs is 1. The van der Waals surface area contributed by atoms with Gasteiger partial charge in [0.15, 0.2) is 0 Å². The first-order valence-electron chi connectivity index (χ1n) is 7.88. The molecule has 0 saturated carbocycles. The molecule has 0 aliphatic carbocycles. The number of rotatable bonds is 3. The fourth-order valence-electron chi connectivity index (χ4n) is 3.52. The summed E-state index contributed by atoms with van der Waals surface area (Å²) in [6.45, 7) is 0. The van der Waals surface area contributed by atoms with Crippen LogP contribution in [-0.2, 0) is 10.2 Å². The van der Waals surface area contributed by atoms with Crippen molar-refractivity contribution in [2.24, 2.45) is 0 Å². The van der Waals surface area contributed by atoms with Gasteiger partial charge in [-0.15, -0.1) is 0 Å². The zero-order valence-corrected chi connectivity index (χ0v) is 13.3. The van der Waals surface area contributed by atoms with Crippen molar-refractivity contribution in [3.8, 4) is 5.75 Å². The molecule has 1 amide bonds. The summed E-state index contributed by atoms with van der Waals surface area (Å²) in [6.07, 6.45) is 0. The fraction of sp³-hybridized carbons (Fsp3) is 0.0952. The Balaban J connectivity index is 2.08. The number of anilines is 1. The van der Waals surface area contributed by atoms with Crippen molar-refractivity contribution in [2.75, 3.05) is 12.4 Å². The van der Waals surface area contributed by atoms with Gasteiger partial charge in [0.2, 0.25) is 5.91 Å². The molecular formula is C21H17NO2. The van der Waals surface area contributed by atoms with Crippen LogP contribution >= 0.6 is 0 Å². The monoisotopic (exact) mass is 315 g/mol. The zero-order valence-electron chi connectivity index (χ0n) is 13.3. The van der Waals surface area contributed by atoms with E-state index in [1.54, 1.807) is 7.11 Å². The maximum Gasteiger partial charge on any atom is 0.244 e. The molecule has 0 fully saturated rings. The Labute approximate surface area is 140 Å². The highest BCUT2D eigenvalue weighted by molar-refractivity contribution is 6.11. The molecule has 24 heavy (non-hydrogen) atoms. The third-order valence-corrected chi connectivity index (χ3v) is 4.63. The molecule has 3 aromatic carbocycles. The van der Waals surface area contributed by atoms with Gasteiger partial charge < -0.3 is 10.1 Å². The normalized spacial score (nSPS) is 14.8. The molecule has 118 valence electrons. The molecule has 0 atom stereocenters. The second-order valence-corrected chi connectivity index (χ2v) is 5.85. The molecule has 0 aromatic heterocycles. The summed E-state index contributed by atoms with van der Waals surface area (Å²) in [5.41, 5.74) is 2.77. The van der Waals surface area contributed by atoms with Gasteiger partial charge in [-0.05, 0) is 29.3 Å². The average molecular weight is 315 g/mol. The Hall–Kier alpha value is -3.07. The van der Waals surface area contributed by atoms with Crippen molar-refractivity contribution < 1.29 is 9.53 Å². The molecule has 3 nitrogen and oxygen atoms in total. The summed E-state index contributed by atoms with van der Waals surface area (Å²) in [7, 11) is 1.64. The van der Waals surface area contributed by atoms with Gasteiger partial charge in [0.1, 0.15) is 11.2 Å². The van der Waals surface area contributed by atoms with Crippen molar-refractivity contribution in [1.82, 2.24) is 0 Å². The highest BCUT2D eigenvalue weighted by atomic mass is 16.5. The minimum Gasteiger partial charge on any atom is -0.497 e. The number of nitrogens with one attached hydrogen (secondary N) is 1. The quantitative estimate of drug-likeness (QED) is 0.794. The van der Waals surface area contributed by atoms with E-state index in [1.807, 2.05) is 78.9 Å². The van der Waals surface area contributed by atoms with Crippen LogP contribution in [-0.4, -0.2) is 13.0 Å². The van der Waals surface area contributed by atoms with Gasteiger partial charge in [-0.2, -0.15) is 0 Å². The second kappa shape index (κ2) is 5.53. The van der Waals surface area contributed by atoms with Gasteiger partial charge in [0.05, 0.1) is 7.11 Å². The van der Waals surface area contributed by atoms with Crippen LogP contribution in [0.15, 0.2) is 78.9 Å². The Kier molecular flexibility index (Phi) is 3.35. The highest BCUT2D eigenvalue weighted by Crippen LogP contribution is 2.48. The number of hydrogen-bond donors (Lipinski definition) is 1. The van der Waals surface area contributed by atoms with E-state index in [4.69, 9.17) is 4.74 Å². The van der Waals surface area contributed by atoms with Crippen molar-refractivity contribution in [3.63, 3.8) is 0 Å². The molecule has 3 heteroatoms. The van der Waals surface area contributed by atoms with Crippen molar-refractivity contribution >= 4 is 11.6 Å². The lowest BCUT2D eigenvalue weighted by Crippen LogP contribution is -2.36. The van der Waals surface area contributed by atoms with E-state index in [1.165, 1.54) is 0 Å². The molecule has 0 saturated heterocycles. The van der Waals surface area contributed by atoms with Gasteiger partial charge in [-0.3, -0.25) is 4.79 Å². The average Bonchev–Trinajstić information content (AvgIpc) is 2.95. The maximum absolute atomic E-state index is 13.2. The summed E-state index contributed by atoms with van der Waals surface area (Å²) in [5.74, 6) is 0.699. The molecule has 1 aliphatic rings. The van der Waals surface area contributed by atoms with E-state index in [0.29, 0.717) is 0 Å². The fourth-order valence-corrected chi connectivity index (χ4v) is 3.52. The first-order chi connectivity index (χ1) is 11.8. The third kappa shape index (κ3) is 1.95. The topological polar surface area (TPSA) is 38.3 Å². The molecule has 4 rings (SSSR count). The second-order valence-electron chi connectivity index (χ2n) is 5.85. The van der Waals surface area contributed by atoms with Crippen molar-refractivity contribution in [3.05, 3.63) is 95.6 Å². The number of ether oxygens (including phenoxy) is 1. The number of amides is 1. The zero-order chi connectivity index (χ0) is 16.6. The summed E-state index contributed by atoms with van der Waals surface area (Å²) in [4.78, 5) is 13.2. The van der Waals surface area contributed by atoms with Crippen LogP contribution in [0, 0.1) is 0 Å². The maximum atomic E-state index is 13.2. The number of hydrogen-bond acceptors (Lipinski definition) is 2. The summed E-state index contributed by atoms with van der Waals surface area (Å²) in [5, 5.41) is 3.04. The van der Waals surface area contributed by atoms with Crippen LogP contribution < -0.4 is 10.1 Å².